The van der Waals surface area contributed by atoms with Gasteiger partial charge in [-0.05, 0) is 30.7 Å². The van der Waals surface area contributed by atoms with Gasteiger partial charge in [-0.2, -0.15) is 0 Å². The first-order valence-electron chi connectivity index (χ1n) is 7.11. The number of nitrogens with one attached hydrogen (secondary N) is 2. The van der Waals surface area contributed by atoms with Crippen molar-refractivity contribution in [3.05, 3.63) is 59.2 Å². The Kier molecular flexibility index (Phi) is 8.37. The molecule has 2 aromatic carbocycles. The van der Waals surface area contributed by atoms with Gasteiger partial charge in [0.25, 0.3) is 5.91 Å². The van der Waals surface area contributed by atoms with Gasteiger partial charge in [0.1, 0.15) is 5.75 Å². The van der Waals surface area contributed by atoms with Crippen LogP contribution >= 0.6 is 0 Å². The fourth-order valence-corrected chi connectivity index (χ4v) is 3.09. The molecule has 0 aliphatic carbocycles. The van der Waals surface area contributed by atoms with Gasteiger partial charge in [0.05, 0.1) is 10.5 Å². The number of carbonyl (C=O) groups excluding carboxylic acids is 2. The molecular formula is C16H16AcN2O6S. The van der Waals surface area contributed by atoms with Gasteiger partial charge in [0.15, 0.2) is 5.78 Å². The van der Waals surface area contributed by atoms with Crippen molar-refractivity contribution >= 4 is 21.7 Å². The molecule has 0 aromatic heterocycles. The van der Waals surface area contributed by atoms with Gasteiger partial charge < -0.3 is 5.11 Å². The second-order valence-electron chi connectivity index (χ2n) is 5.20. The van der Waals surface area contributed by atoms with Gasteiger partial charge in [-0.3, -0.25) is 14.8 Å². The van der Waals surface area contributed by atoms with Crippen LogP contribution in [0.4, 0.5) is 0 Å². The summed E-state index contributed by atoms with van der Waals surface area (Å²) in [4.78, 5) is 22.4. The fourth-order valence-electron chi connectivity index (χ4n) is 2.04. The van der Waals surface area contributed by atoms with E-state index in [1.165, 1.54) is 12.4 Å². The number of hydrogen-bond donors (Lipinski definition) is 4. The average Bonchev–Trinajstić information content (AvgIpc) is 2.60. The summed E-state index contributed by atoms with van der Waals surface area (Å²) in [5.41, 5.74) is 2.11. The summed E-state index contributed by atoms with van der Waals surface area (Å²) in [5, 5.41) is 18.2. The number of carbonyl (C=O) groups is 2. The first-order valence-corrected chi connectivity index (χ1v) is 8.60. The second kappa shape index (κ2) is 9.58. The van der Waals surface area contributed by atoms with Crippen LogP contribution in [0.3, 0.4) is 0 Å². The molecule has 0 fully saturated rings. The number of benzene rings is 2. The maximum absolute atomic E-state index is 12.3. The van der Waals surface area contributed by atoms with E-state index in [9.17, 15) is 23.1 Å². The number of sulfonamides is 1. The molecule has 26 heavy (non-hydrogen) atoms. The van der Waals surface area contributed by atoms with Crippen LogP contribution in [0.5, 0.6) is 5.75 Å². The van der Waals surface area contributed by atoms with E-state index in [0.717, 1.165) is 18.2 Å². The molecule has 0 saturated carbocycles. The maximum atomic E-state index is 12.3. The number of hydroxylamine groups is 1. The monoisotopic (exact) mass is 591 g/mol. The number of rotatable bonds is 6. The van der Waals surface area contributed by atoms with Gasteiger partial charge >= 0.3 is 0 Å². The van der Waals surface area contributed by atoms with Gasteiger partial charge in [0, 0.05) is 56.2 Å². The Morgan fingerprint density at radius 1 is 1.08 bits per heavy atom. The van der Waals surface area contributed by atoms with E-state index in [0.29, 0.717) is 11.1 Å². The molecule has 1 radical (unpaired) electrons. The SMILES string of the molecule is CC(=O)c1ccc(CNS(=O)(=O)c2ccc(O)c(C(=O)NO)c2)cc1.[Ac]. The fraction of sp³-hybridized carbons (Fsp3) is 0.125. The minimum Gasteiger partial charge on any atom is -0.507 e. The molecule has 135 valence electrons. The van der Waals surface area contributed by atoms with Crippen molar-refractivity contribution in [2.75, 3.05) is 0 Å². The van der Waals surface area contributed by atoms with Crippen molar-refractivity contribution in [2.24, 2.45) is 0 Å². The van der Waals surface area contributed by atoms with E-state index < -0.39 is 21.7 Å². The molecule has 0 spiro atoms. The van der Waals surface area contributed by atoms with Crippen LogP contribution in [0, 0.1) is 44.1 Å². The largest absolute Gasteiger partial charge is 0.507 e. The van der Waals surface area contributed by atoms with Gasteiger partial charge in [-0.25, -0.2) is 18.6 Å². The minimum absolute atomic E-state index is 0. The molecule has 0 aliphatic rings. The van der Waals surface area contributed by atoms with Gasteiger partial charge in [0.2, 0.25) is 10.0 Å². The zero-order valence-corrected chi connectivity index (χ0v) is 19.3. The number of ketones is 1. The predicted octanol–water partition coefficient (Wildman–Crippen LogP) is 1.19. The molecule has 2 rings (SSSR count). The predicted molar refractivity (Wildman–Crippen MR) is 87.8 cm³/mol. The zero-order chi connectivity index (χ0) is 18.6. The van der Waals surface area contributed by atoms with Crippen LogP contribution < -0.4 is 10.2 Å². The topological polar surface area (TPSA) is 133 Å². The first-order chi connectivity index (χ1) is 11.7. The van der Waals surface area contributed by atoms with Crippen molar-refractivity contribution in [3.8, 4) is 5.75 Å². The molecule has 0 atom stereocenters. The summed E-state index contributed by atoms with van der Waals surface area (Å²) in [7, 11) is -3.96. The van der Waals surface area contributed by atoms with E-state index in [1.54, 1.807) is 24.3 Å². The van der Waals surface area contributed by atoms with Crippen LogP contribution in [-0.2, 0) is 16.6 Å². The first kappa shape index (κ1) is 22.7. The second-order valence-corrected chi connectivity index (χ2v) is 6.96. The molecule has 0 aliphatic heterocycles. The van der Waals surface area contributed by atoms with Crippen molar-refractivity contribution < 1.29 is 72.4 Å². The van der Waals surface area contributed by atoms with Crippen LogP contribution in [0.1, 0.15) is 33.2 Å². The van der Waals surface area contributed by atoms with Crippen LogP contribution in [-0.4, -0.2) is 30.4 Å². The normalized spacial score (nSPS) is 10.7. The van der Waals surface area contributed by atoms with E-state index in [4.69, 9.17) is 5.21 Å². The third-order valence-electron chi connectivity index (χ3n) is 3.45. The zero-order valence-electron chi connectivity index (χ0n) is 13.8. The van der Waals surface area contributed by atoms with E-state index >= 15 is 0 Å². The third-order valence-corrected chi connectivity index (χ3v) is 4.85. The van der Waals surface area contributed by atoms with Crippen LogP contribution in [0.15, 0.2) is 47.4 Å². The summed E-state index contributed by atoms with van der Waals surface area (Å²) in [6.45, 7) is 1.41. The summed E-state index contributed by atoms with van der Waals surface area (Å²) >= 11 is 0. The van der Waals surface area contributed by atoms with E-state index in [2.05, 4.69) is 4.72 Å². The van der Waals surface area contributed by atoms with Crippen molar-refractivity contribution in [3.63, 3.8) is 0 Å². The Balaban J connectivity index is 0.00000338. The Hall–Kier alpha value is -1.31. The summed E-state index contributed by atoms with van der Waals surface area (Å²) in [5.74, 6) is -1.59. The molecule has 10 heteroatoms. The Morgan fingerprint density at radius 2 is 1.69 bits per heavy atom. The number of phenols is 1. The number of hydrogen-bond acceptors (Lipinski definition) is 6. The van der Waals surface area contributed by atoms with E-state index in [1.807, 2.05) is 0 Å². The standard InChI is InChI=1S/C16H16N2O6S.Ac/c1-10(19)12-4-2-11(3-5-12)9-17-25(23,24)13-6-7-15(20)14(8-13)16(21)18-22;/h2-8,17,20,22H,9H2,1H3,(H,18,21);. The van der Waals surface area contributed by atoms with Crippen molar-refractivity contribution in [2.45, 2.75) is 18.4 Å². The Morgan fingerprint density at radius 3 is 2.23 bits per heavy atom. The van der Waals surface area contributed by atoms with E-state index in [-0.39, 0.29) is 66.8 Å². The van der Waals surface area contributed by atoms with Crippen molar-refractivity contribution in [1.29, 1.82) is 0 Å². The summed E-state index contributed by atoms with van der Waals surface area (Å²) in [6.07, 6.45) is 0. The number of phenolic OH excluding ortho intramolecular Hbond substituents is 1. The molecule has 0 heterocycles. The number of amides is 1. The maximum Gasteiger partial charge on any atom is 0.278 e. The van der Waals surface area contributed by atoms with Crippen LogP contribution in [0.2, 0.25) is 0 Å². The number of aromatic hydroxyl groups is 1. The quantitative estimate of drug-likeness (QED) is 0.227. The van der Waals surface area contributed by atoms with Gasteiger partial charge in [-0.1, -0.05) is 24.3 Å². The molecule has 4 N–H and O–H groups in total. The Bertz CT molecular complexity index is 913. The smallest absolute Gasteiger partial charge is 0.278 e. The number of Topliss-reactive ketones (excluding diaryl/α,β-unsaturated/α-hetero) is 1. The van der Waals surface area contributed by atoms with Crippen molar-refractivity contribution in [1.82, 2.24) is 10.2 Å². The van der Waals surface area contributed by atoms with Crippen LogP contribution in [0.25, 0.3) is 0 Å². The Labute approximate surface area is 186 Å². The molecule has 8 nitrogen and oxygen atoms in total. The molecule has 0 saturated heterocycles. The molecule has 0 unspecified atom stereocenters. The summed E-state index contributed by atoms with van der Waals surface area (Å²) in [6, 6.07) is 9.56. The summed E-state index contributed by atoms with van der Waals surface area (Å²) < 4.78 is 27.0. The molecule has 2 aromatic rings. The van der Waals surface area contributed by atoms with Gasteiger partial charge in [-0.15, -0.1) is 0 Å². The molecule has 0 bridgehead atoms. The molecular weight excluding hydrogens is 575 g/mol. The average molecular weight is 591 g/mol. The molecule has 1 amide bonds. The minimum atomic E-state index is -3.96. The third kappa shape index (κ3) is 5.59.